The summed E-state index contributed by atoms with van der Waals surface area (Å²) in [7, 11) is -2.46. The summed E-state index contributed by atoms with van der Waals surface area (Å²) in [5.74, 6) is -0.858. The van der Waals surface area contributed by atoms with Crippen molar-refractivity contribution in [2.45, 2.75) is 25.2 Å². The second kappa shape index (κ2) is 8.68. The fourth-order valence-electron chi connectivity index (χ4n) is 2.49. The molecule has 2 N–H and O–H groups in total. The third kappa shape index (κ3) is 5.82. The number of methoxy groups -OCH3 is 1. The molecule has 27 heavy (non-hydrogen) atoms. The maximum atomic E-state index is 12.6. The molecule has 144 valence electrons. The predicted molar refractivity (Wildman–Crippen MR) is 102 cm³/mol. The van der Waals surface area contributed by atoms with E-state index >= 15 is 0 Å². The van der Waals surface area contributed by atoms with E-state index in [4.69, 9.17) is 0 Å². The summed E-state index contributed by atoms with van der Waals surface area (Å²) >= 11 is 0. The Hall–Kier alpha value is -2.87. The van der Waals surface area contributed by atoms with Gasteiger partial charge in [0.15, 0.2) is 0 Å². The van der Waals surface area contributed by atoms with Crippen molar-refractivity contribution in [3.05, 3.63) is 59.2 Å². The number of benzene rings is 2. The first-order valence-electron chi connectivity index (χ1n) is 8.24. The van der Waals surface area contributed by atoms with Crippen LogP contribution >= 0.6 is 0 Å². The van der Waals surface area contributed by atoms with E-state index in [-0.39, 0.29) is 23.8 Å². The number of anilines is 1. The molecule has 2 rings (SSSR count). The number of carbonyl (C=O) groups is 2. The zero-order valence-electron chi connectivity index (χ0n) is 15.4. The highest BCUT2D eigenvalue weighted by Crippen LogP contribution is 2.20. The maximum Gasteiger partial charge on any atom is 0.325 e. The van der Waals surface area contributed by atoms with Crippen LogP contribution in [0.1, 0.15) is 16.7 Å². The molecule has 0 spiro atoms. The molecule has 7 nitrogen and oxygen atoms in total. The van der Waals surface area contributed by atoms with Crippen molar-refractivity contribution in [3.8, 4) is 0 Å². The first-order chi connectivity index (χ1) is 12.7. The lowest BCUT2D eigenvalue weighted by Crippen LogP contribution is -2.31. The quantitative estimate of drug-likeness (QED) is 0.704. The first kappa shape index (κ1) is 20.4. The zero-order valence-corrected chi connectivity index (χ0v) is 16.2. The predicted octanol–water partition coefficient (Wildman–Crippen LogP) is 1.94. The van der Waals surface area contributed by atoms with E-state index < -0.39 is 16.0 Å². The molecule has 0 saturated carbocycles. The molecular weight excluding hydrogens is 368 g/mol. The molecule has 0 aliphatic rings. The van der Waals surface area contributed by atoms with E-state index in [1.165, 1.54) is 7.11 Å². The van der Waals surface area contributed by atoms with E-state index in [0.717, 1.165) is 5.56 Å². The molecule has 0 heterocycles. The van der Waals surface area contributed by atoms with Crippen LogP contribution in [0.25, 0.3) is 0 Å². The molecule has 2 aromatic rings. The van der Waals surface area contributed by atoms with Crippen molar-refractivity contribution in [1.29, 1.82) is 0 Å². The van der Waals surface area contributed by atoms with Gasteiger partial charge >= 0.3 is 5.97 Å². The Bertz CT molecular complexity index is 937. The number of carbonyl (C=O) groups excluding carboxylic acids is 2. The number of ether oxygens (including phenoxy) is 1. The Balaban J connectivity index is 2.02. The van der Waals surface area contributed by atoms with E-state index in [0.29, 0.717) is 16.8 Å². The maximum absolute atomic E-state index is 12.6. The van der Waals surface area contributed by atoms with E-state index in [1.54, 1.807) is 43.3 Å². The van der Waals surface area contributed by atoms with Crippen LogP contribution in [0.4, 0.5) is 5.69 Å². The summed E-state index contributed by atoms with van der Waals surface area (Å²) in [4.78, 5) is 23.0. The van der Waals surface area contributed by atoms with Gasteiger partial charge in [0, 0.05) is 5.69 Å². The topological polar surface area (TPSA) is 102 Å². The molecule has 0 unspecified atom stereocenters. The number of esters is 1. The Morgan fingerprint density at radius 2 is 1.70 bits per heavy atom. The number of sulfonamides is 1. The first-order valence-corrected chi connectivity index (χ1v) is 9.72. The van der Waals surface area contributed by atoms with Gasteiger partial charge in [-0.1, -0.05) is 29.8 Å². The Labute approximate surface area is 158 Å². The second-order valence-corrected chi connectivity index (χ2v) is 7.75. The molecule has 0 aliphatic heterocycles. The number of hydrogen-bond donors (Lipinski definition) is 2. The third-order valence-corrected chi connectivity index (χ3v) is 5.39. The normalized spacial score (nSPS) is 10.9. The molecular formula is C19H22N2O5S. The minimum Gasteiger partial charge on any atom is -0.468 e. The van der Waals surface area contributed by atoms with E-state index in [2.05, 4.69) is 14.8 Å². The molecule has 0 radical (unpaired) electrons. The molecule has 0 aromatic heterocycles. The van der Waals surface area contributed by atoms with Crippen LogP contribution in [0.2, 0.25) is 0 Å². The lowest BCUT2D eigenvalue weighted by atomic mass is 10.1. The highest BCUT2D eigenvalue weighted by atomic mass is 32.2. The number of amides is 1. The summed E-state index contributed by atoms with van der Waals surface area (Å²) < 4.78 is 32.1. The van der Waals surface area contributed by atoms with Crippen LogP contribution in [-0.2, 0) is 30.8 Å². The minimum atomic E-state index is -3.70. The molecule has 0 aliphatic carbocycles. The monoisotopic (exact) mass is 390 g/mol. The van der Waals surface area contributed by atoms with Gasteiger partial charge in [0.1, 0.15) is 6.54 Å². The van der Waals surface area contributed by atoms with Crippen molar-refractivity contribution in [2.75, 3.05) is 18.4 Å². The van der Waals surface area contributed by atoms with Gasteiger partial charge in [-0.15, -0.1) is 0 Å². The summed E-state index contributed by atoms with van der Waals surface area (Å²) in [5.41, 5.74) is 2.74. The Kier molecular flexibility index (Phi) is 6.57. The van der Waals surface area contributed by atoms with Gasteiger partial charge in [-0.25, -0.2) is 8.42 Å². The van der Waals surface area contributed by atoms with Crippen LogP contribution < -0.4 is 10.0 Å². The summed E-state index contributed by atoms with van der Waals surface area (Å²) in [6, 6.07) is 11.6. The molecule has 0 bridgehead atoms. The highest BCUT2D eigenvalue weighted by molar-refractivity contribution is 7.92. The number of hydrogen-bond acceptors (Lipinski definition) is 5. The van der Waals surface area contributed by atoms with Gasteiger partial charge in [-0.05, 0) is 43.2 Å². The van der Waals surface area contributed by atoms with Crippen LogP contribution in [0.15, 0.2) is 47.4 Å². The lowest BCUT2D eigenvalue weighted by Gasteiger charge is -2.11. The molecule has 0 fully saturated rings. The van der Waals surface area contributed by atoms with Crippen molar-refractivity contribution in [3.63, 3.8) is 0 Å². The van der Waals surface area contributed by atoms with Crippen LogP contribution in [0.3, 0.4) is 0 Å². The van der Waals surface area contributed by atoms with Crippen molar-refractivity contribution < 1.29 is 22.7 Å². The molecule has 0 atom stereocenters. The fraction of sp³-hybridized carbons (Fsp3) is 0.263. The third-order valence-electron chi connectivity index (χ3n) is 3.85. The molecule has 1 amide bonds. The smallest absolute Gasteiger partial charge is 0.325 e. The van der Waals surface area contributed by atoms with Gasteiger partial charge in [0.25, 0.3) is 10.0 Å². The highest BCUT2D eigenvalue weighted by Gasteiger charge is 2.17. The molecule has 8 heteroatoms. The van der Waals surface area contributed by atoms with Gasteiger partial charge in [-0.3, -0.25) is 14.3 Å². The summed E-state index contributed by atoms with van der Waals surface area (Å²) in [6.45, 7) is 3.46. The standard InChI is InChI=1S/C19H22N2O5S/c1-13-4-9-17(14(2)10-13)27(24,25)21-16-7-5-15(6-8-16)11-18(22)20-12-19(23)26-3/h4-10,21H,11-12H2,1-3H3,(H,20,22). The number of aryl methyl sites for hydroxylation is 2. The lowest BCUT2D eigenvalue weighted by molar-refractivity contribution is -0.141. The fourth-order valence-corrected chi connectivity index (χ4v) is 3.78. The minimum absolute atomic E-state index is 0.0705. The van der Waals surface area contributed by atoms with E-state index in [1.807, 2.05) is 13.0 Å². The number of nitrogens with one attached hydrogen (secondary N) is 2. The second-order valence-electron chi connectivity index (χ2n) is 6.10. The molecule has 0 saturated heterocycles. The molecule has 2 aromatic carbocycles. The Morgan fingerprint density at radius 3 is 2.30 bits per heavy atom. The van der Waals surface area contributed by atoms with Gasteiger partial charge in [-0.2, -0.15) is 0 Å². The van der Waals surface area contributed by atoms with Crippen LogP contribution in [-0.4, -0.2) is 33.9 Å². The van der Waals surface area contributed by atoms with Gasteiger partial charge in [0.05, 0.1) is 18.4 Å². The van der Waals surface area contributed by atoms with Crippen LogP contribution in [0.5, 0.6) is 0 Å². The van der Waals surface area contributed by atoms with Gasteiger partial charge in [0.2, 0.25) is 5.91 Å². The van der Waals surface area contributed by atoms with Crippen LogP contribution in [0, 0.1) is 13.8 Å². The van der Waals surface area contributed by atoms with Crippen molar-refractivity contribution in [1.82, 2.24) is 5.32 Å². The summed E-state index contributed by atoms with van der Waals surface area (Å²) in [6.07, 6.45) is 0.0705. The van der Waals surface area contributed by atoms with Gasteiger partial charge < -0.3 is 10.1 Å². The SMILES string of the molecule is COC(=O)CNC(=O)Cc1ccc(NS(=O)(=O)c2ccc(C)cc2C)cc1. The average molecular weight is 390 g/mol. The van der Waals surface area contributed by atoms with E-state index in [9.17, 15) is 18.0 Å². The zero-order chi connectivity index (χ0) is 20.0. The average Bonchev–Trinajstić information content (AvgIpc) is 2.60. The number of rotatable bonds is 7. The summed E-state index contributed by atoms with van der Waals surface area (Å²) in [5, 5.41) is 2.44. The largest absolute Gasteiger partial charge is 0.468 e. The van der Waals surface area contributed by atoms with Crippen molar-refractivity contribution >= 4 is 27.6 Å². The van der Waals surface area contributed by atoms with Crippen molar-refractivity contribution in [2.24, 2.45) is 0 Å². The Morgan fingerprint density at radius 1 is 1.04 bits per heavy atom.